The minimum atomic E-state index is 0.318. The molecule has 0 aromatic carbocycles. The van der Waals surface area contributed by atoms with Gasteiger partial charge in [-0.05, 0) is 19.9 Å². The molecule has 1 aromatic rings. The minimum absolute atomic E-state index is 0.318. The van der Waals surface area contributed by atoms with E-state index < -0.39 is 0 Å². The van der Waals surface area contributed by atoms with Crippen LogP contribution in [0.4, 0.5) is 0 Å². The van der Waals surface area contributed by atoms with Crippen LogP contribution < -0.4 is 0 Å². The number of allylic oxidation sites excluding steroid dienone is 5. The summed E-state index contributed by atoms with van der Waals surface area (Å²) in [6.45, 7) is 3.73. The molecule has 0 amide bonds. The van der Waals surface area contributed by atoms with E-state index in [0.717, 1.165) is 5.56 Å². The van der Waals surface area contributed by atoms with E-state index in [0.29, 0.717) is 22.7 Å². The Balaban J connectivity index is 2.91. The molecule has 1 aromatic heterocycles. The van der Waals surface area contributed by atoms with Gasteiger partial charge in [0.25, 0.3) is 0 Å². The van der Waals surface area contributed by atoms with Gasteiger partial charge in [0.05, 0.1) is 4.90 Å². The van der Waals surface area contributed by atoms with E-state index in [1.807, 2.05) is 43.4 Å². The summed E-state index contributed by atoms with van der Waals surface area (Å²) in [5.41, 5.74) is 0.723. The van der Waals surface area contributed by atoms with E-state index in [9.17, 15) is 4.79 Å². The summed E-state index contributed by atoms with van der Waals surface area (Å²) < 4.78 is 5.24. The second kappa shape index (κ2) is 6.18. The maximum Gasteiger partial charge on any atom is 0.185 e. The van der Waals surface area contributed by atoms with Crippen molar-refractivity contribution in [2.24, 2.45) is 0 Å². The highest BCUT2D eigenvalue weighted by Gasteiger charge is 2.11. The van der Waals surface area contributed by atoms with E-state index in [2.05, 4.69) is 12.6 Å². The van der Waals surface area contributed by atoms with E-state index in [1.54, 1.807) is 6.92 Å². The summed E-state index contributed by atoms with van der Waals surface area (Å²) in [6, 6.07) is 0. The number of aryl methyl sites for hydroxylation is 1. The standard InChI is InChI=1S/C13H14O2S/c1-3-4-5-6-7-8-11-12(9-14)15-10(2)13(11)16/h3-9,16H,1-2H3/b4-3-,6-5-,8-7+. The van der Waals surface area contributed by atoms with Crippen LogP contribution in [0.15, 0.2) is 39.7 Å². The Morgan fingerprint density at radius 2 is 1.88 bits per heavy atom. The lowest BCUT2D eigenvalue weighted by Gasteiger charge is -1.88. The highest BCUT2D eigenvalue weighted by molar-refractivity contribution is 7.80. The van der Waals surface area contributed by atoms with Crippen molar-refractivity contribution in [3.05, 3.63) is 47.5 Å². The average Bonchev–Trinajstić information content (AvgIpc) is 2.56. The van der Waals surface area contributed by atoms with Crippen molar-refractivity contribution >= 4 is 25.0 Å². The largest absolute Gasteiger partial charge is 0.457 e. The quantitative estimate of drug-likeness (QED) is 0.487. The number of hydrogen-bond acceptors (Lipinski definition) is 3. The molecule has 0 saturated carbocycles. The molecule has 0 bridgehead atoms. The molecular formula is C13H14O2S. The van der Waals surface area contributed by atoms with Gasteiger partial charge < -0.3 is 4.42 Å². The Bertz CT molecular complexity index is 451. The first-order valence-electron chi connectivity index (χ1n) is 4.94. The minimum Gasteiger partial charge on any atom is -0.457 e. The summed E-state index contributed by atoms with van der Waals surface area (Å²) in [4.78, 5) is 11.4. The molecule has 84 valence electrons. The van der Waals surface area contributed by atoms with Crippen LogP contribution in [-0.4, -0.2) is 6.29 Å². The van der Waals surface area contributed by atoms with Gasteiger partial charge in [-0.1, -0.05) is 30.4 Å². The van der Waals surface area contributed by atoms with Gasteiger partial charge in [0.1, 0.15) is 5.76 Å². The molecule has 1 rings (SSSR count). The van der Waals surface area contributed by atoms with Gasteiger partial charge in [-0.15, -0.1) is 12.6 Å². The van der Waals surface area contributed by atoms with Crippen molar-refractivity contribution in [1.82, 2.24) is 0 Å². The van der Waals surface area contributed by atoms with E-state index in [1.165, 1.54) is 0 Å². The number of rotatable bonds is 4. The molecule has 0 saturated heterocycles. The predicted octanol–water partition coefficient (Wildman–Crippen LogP) is 3.83. The first kappa shape index (κ1) is 12.6. The van der Waals surface area contributed by atoms with Crippen molar-refractivity contribution in [2.75, 3.05) is 0 Å². The van der Waals surface area contributed by atoms with Crippen LogP contribution in [0.2, 0.25) is 0 Å². The van der Waals surface area contributed by atoms with Gasteiger partial charge in [-0.25, -0.2) is 0 Å². The van der Waals surface area contributed by atoms with Crippen LogP contribution >= 0.6 is 12.6 Å². The van der Waals surface area contributed by atoms with Crippen molar-refractivity contribution in [2.45, 2.75) is 18.7 Å². The van der Waals surface area contributed by atoms with Crippen molar-refractivity contribution in [3.8, 4) is 0 Å². The van der Waals surface area contributed by atoms with Crippen molar-refractivity contribution in [3.63, 3.8) is 0 Å². The Morgan fingerprint density at radius 1 is 1.19 bits per heavy atom. The van der Waals surface area contributed by atoms with Crippen LogP contribution in [0.5, 0.6) is 0 Å². The summed E-state index contributed by atoms with van der Waals surface area (Å²) in [6.07, 6.45) is 12.0. The van der Waals surface area contributed by atoms with Gasteiger partial charge in [0.15, 0.2) is 12.0 Å². The smallest absolute Gasteiger partial charge is 0.185 e. The van der Waals surface area contributed by atoms with Crippen LogP contribution in [0.3, 0.4) is 0 Å². The monoisotopic (exact) mass is 234 g/mol. The molecule has 0 radical (unpaired) electrons. The number of hydrogen-bond donors (Lipinski definition) is 1. The normalized spacial score (nSPS) is 12.2. The summed E-state index contributed by atoms with van der Waals surface area (Å²) in [7, 11) is 0. The fourth-order valence-electron chi connectivity index (χ4n) is 1.21. The van der Waals surface area contributed by atoms with Gasteiger partial charge in [-0.2, -0.15) is 0 Å². The maximum atomic E-state index is 10.7. The summed E-state index contributed by atoms with van der Waals surface area (Å²) >= 11 is 4.29. The molecule has 0 aliphatic carbocycles. The third-order valence-electron chi connectivity index (χ3n) is 2.01. The van der Waals surface area contributed by atoms with E-state index >= 15 is 0 Å². The maximum absolute atomic E-state index is 10.7. The summed E-state index contributed by atoms with van der Waals surface area (Å²) in [5.74, 6) is 0.973. The zero-order chi connectivity index (χ0) is 12.0. The second-order valence-corrected chi connectivity index (χ2v) is 3.62. The van der Waals surface area contributed by atoms with Crippen LogP contribution in [0.25, 0.3) is 6.08 Å². The van der Waals surface area contributed by atoms with Gasteiger partial charge >= 0.3 is 0 Å². The fraction of sp³-hybridized carbons (Fsp3) is 0.154. The van der Waals surface area contributed by atoms with E-state index in [4.69, 9.17) is 4.42 Å². The van der Waals surface area contributed by atoms with Crippen LogP contribution in [0.1, 0.15) is 28.8 Å². The molecule has 2 nitrogen and oxygen atoms in total. The number of aldehydes is 1. The number of carbonyl (C=O) groups is 1. The first-order valence-corrected chi connectivity index (χ1v) is 5.39. The molecule has 0 N–H and O–H groups in total. The molecule has 0 fully saturated rings. The number of carbonyl (C=O) groups excluding carboxylic acids is 1. The second-order valence-electron chi connectivity index (χ2n) is 3.17. The lowest BCUT2D eigenvalue weighted by atomic mass is 10.2. The molecule has 3 heteroatoms. The molecule has 0 spiro atoms. The van der Waals surface area contributed by atoms with Crippen molar-refractivity contribution < 1.29 is 9.21 Å². The molecule has 1 heterocycles. The van der Waals surface area contributed by atoms with Crippen LogP contribution in [0, 0.1) is 6.92 Å². The van der Waals surface area contributed by atoms with Crippen molar-refractivity contribution in [1.29, 1.82) is 0 Å². The molecule has 0 aliphatic heterocycles. The fourth-order valence-corrected chi connectivity index (χ4v) is 1.44. The Hall–Kier alpha value is -1.48. The number of furan rings is 1. The first-order chi connectivity index (χ1) is 7.70. The lowest BCUT2D eigenvalue weighted by molar-refractivity contribution is 0.109. The van der Waals surface area contributed by atoms with Gasteiger partial charge in [0.2, 0.25) is 0 Å². The SMILES string of the molecule is C\C=C/C=C\C=C\c1c(C=O)oc(C)c1S. The number of thiol groups is 1. The zero-order valence-corrected chi connectivity index (χ0v) is 10.2. The highest BCUT2D eigenvalue weighted by atomic mass is 32.1. The predicted molar refractivity (Wildman–Crippen MR) is 69.1 cm³/mol. The molecule has 0 atom stereocenters. The lowest BCUT2D eigenvalue weighted by Crippen LogP contribution is -1.78. The van der Waals surface area contributed by atoms with Gasteiger partial charge in [0, 0.05) is 5.56 Å². The highest BCUT2D eigenvalue weighted by Crippen LogP contribution is 2.25. The molecule has 16 heavy (non-hydrogen) atoms. The zero-order valence-electron chi connectivity index (χ0n) is 9.31. The molecular weight excluding hydrogens is 220 g/mol. The Morgan fingerprint density at radius 3 is 2.50 bits per heavy atom. The van der Waals surface area contributed by atoms with Gasteiger partial charge in [-0.3, -0.25) is 4.79 Å². The molecule has 0 unspecified atom stereocenters. The van der Waals surface area contributed by atoms with E-state index in [-0.39, 0.29) is 0 Å². The third-order valence-corrected chi connectivity index (χ3v) is 2.57. The summed E-state index contributed by atoms with van der Waals surface area (Å²) in [5, 5.41) is 0. The van der Waals surface area contributed by atoms with Crippen LogP contribution in [-0.2, 0) is 0 Å². The Labute approximate surface area is 101 Å². The molecule has 0 aliphatic rings. The topological polar surface area (TPSA) is 30.2 Å². The average molecular weight is 234 g/mol. The third kappa shape index (κ3) is 3.00. The Kier molecular flexibility index (Phi) is 4.86.